The smallest absolute Gasteiger partial charge is 0.409 e. The van der Waals surface area contributed by atoms with E-state index in [4.69, 9.17) is 9.84 Å². The number of rotatable bonds is 5. The predicted octanol–water partition coefficient (Wildman–Crippen LogP) is 2.18. The minimum absolute atomic E-state index is 0.0965. The van der Waals surface area contributed by atoms with E-state index in [9.17, 15) is 4.79 Å². The highest BCUT2D eigenvalue weighted by Gasteiger charge is 2.21. The summed E-state index contributed by atoms with van der Waals surface area (Å²) < 4.78 is 5.17. The Bertz CT molecular complexity index is 245. The van der Waals surface area contributed by atoms with Crippen molar-refractivity contribution in [2.24, 2.45) is 5.92 Å². The zero-order chi connectivity index (χ0) is 12.5. The van der Waals surface area contributed by atoms with Crippen LogP contribution < -0.4 is 0 Å². The van der Waals surface area contributed by atoms with Gasteiger partial charge in [0.2, 0.25) is 0 Å². The average molecular weight is 241 g/mol. The van der Waals surface area contributed by atoms with Crippen LogP contribution in [0.4, 0.5) is 4.79 Å². The van der Waals surface area contributed by atoms with Crippen molar-refractivity contribution < 1.29 is 14.6 Å². The summed E-state index contributed by atoms with van der Waals surface area (Å²) in [4.78, 5) is 13.4. The zero-order valence-electron chi connectivity index (χ0n) is 10.6. The summed E-state index contributed by atoms with van der Waals surface area (Å²) in [6.07, 6.45) is 7.53. The van der Waals surface area contributed by atoms with E-state index in [0.717, 1.165) is 38.8 Å². The Labute approximate surface area is 103 Å². The third-order valence-electron chi connectivity index (χ3n) is 3.03. The van der Waals surface area contributed by atoms with Crippen molar-refractivity contribution in [2.45, 2.75) is 32.6 Å². The van der Waals surface area contributed by atoms with Gasteiger partial charge in [-0.15, -0.1) is 0 Å². The van der Waals surface area contributed by atoms with Crippen LogP contribution >= 0.6 is 0 Å². The van der Waals surface area contributed by atoms with Crippen molar-refractivity contribution in [3.8, 4) is 0 Å². The number of carbonyl (C=O) groups excluding carboxylic acids is 1. The number of hydrogen-bond donors (Lipinski definition) is 1. The second-order valence-electron chi connectivity index (χ2n) is 4.40. The fourth-order valence-electron chi connectivity index (χ4n) is 1.92. The number of nitrogens with zero attached hydrogens (tertiary/aromatic N) is 1. The van der Waals surface area contributed by atoms with E-state index >= 15 is 0 Å². The van der Waals surface area contributed by atoms with Crippen LogP contribution in [0.15, 0.2) is 12.2 Å². The minimum atomic E-state index is -0.178. The number of likely N-dealkylation sites (tertiary alicyclic amines) is 1. The van der Waals surface area contributed by atoms with Crippen LogP contribution in [0, 0.1) is 5.92 Å². The Balaban J connectivity index is 2.21. The molecule has 17 heavy (non-hydrogen) atoms. The first-order valence-corrected chi connectivity index (χ1v) is 6.47. The lowest BCUT2D eigenvalue weighted by molar-refractivity contribution is 0.0899. The largest absolute Gasteiger partial charge is 0.449 e. The summed E-state index contributed by atoms with van der Waals surface area (Å²) in [5.74, 6) is 0.488. The van der Waals surface area contributed by atoms with Crippen LogP contribution in [-0.2, 0) is 4.74 Å². The van der Waals surface area contributed by atoms with E-state index in [1.807, 2.05) is 6.08 Å². The molecule has 1 N–H and O–H groups in total. The molecule has 1 heterocycles. The Morgan fingerprint density at radius 3 is 2.76 bits per heavy atom. The Hall–Kier alpha value is -1.03. The molecule has 0 radical (unpaired) electrons. The number of amides is 1. The summed E-state index contributed by atoms with van der Waals surface area (Å²) in [6, 6.07) is 0. The molecule has 0 saturated carbocycles. The maximum Gasteiger partial charge on any atom is 0.409 e. The number of ether oxygens (including phenoxy) is 1. The molecular formula is C13H23NO3. The molecule has 0 aromatic rings. The standard InChI is InChI=1S/C13H23NO3/c1-2-3-11-17-13(16)14-8-6-12(7-9-14)5-4-10-15/h4-5,12,15H,2-3,6-11H2,1H3/b5-4+. The van der Waals surface area contributed by atoms with Gasteiger partial charge in [0.15, 0.2) is 0 Å². The van der Waals surface area contributed by atoms with Gasteiger partial charge in [-0.2, -0.15) is 0 Å². The molecule has 4 nitrogen and oxygen atoms in total. The van der Waals surface area contributed by atoms with Gasteiger partial charge in [-0.25, -0.2) is 4.79 Å². The second kappa shape index (κ2) is 8.12. The van der Waals surface area contributed by atoms with Crippen LogP contribution in [0.5, 0.6) is 0 Å². The van der Waals surface area contributed by atoms with Crippen LogP contribution in [0.1, 0.15) is 32.6 Å². The zero-order valence-corrected chi connectivity index (χ0v) is 10.6. The van der Waals surface area contributed by atoms with Crippen molar-refractivity contribution in [3.63, 3.8) is 0 Å². The molecule has 0 aromatic heterocycles. The molecule has 0 bridgehead atoms. The monoisotopic (exact) mass is 241 g/mol. The molecule has 1 fully saturated rings. The number of unbranched alkanes of at least 4 members (excludes halogenated alkanes) is 1. The summed E-state index contributed by atoms with van der Waals surface area (Å²) >= 11 is 0. The normalized spacial score (nSPS) is 17.6. The van der Waals surface area contributed by atoms with E-state index in [1.165, 1.54) is 0 Å². The average Bonchev–Trinajstić information content (AvgIpc) is 2.37. The number of piperidine rings is 1. The first-order chi connectivity index (χ1) is 8.27. The molecule has 1 aliphatic heterocycles. The fourth-order valence-corrected chi connectivity index (χ4v) is 1.92. The number of allylic oxidation sites excluding steroid dienone is 1. The van der Waals surface area contributed by atoms with Crippen molar-refractivity contribution in [1.29, 1.82) is 0 Å². The number of aliphatic hydroxyl groups is 1. The van der Waals surface area contributed by atoms with Gasteiger partial charge < -0.3 is 14.7 Å². The van der Waals surface area contributed by atoms with Crippen molar-refractivity contribution in [3.05, 3.63) is 12.2 Å². The maximum absolute atomic E-state index is 11.6. The lowest BCUT2D eigenvalue weighted by Gasteiger charge is -2.29. The van der Waals surface area contributed by atoms with E-state index in [0.29, 0.717) is 12.5 Å². The van der Waals surface area contributed by atoms with Gasteiger partial charge in [-0.05, 0) is 25.2 Å². The van der Waals surface area contributed by atoms with Gasteiger partial charge in [0.1, 0.15) is 0 Å². The Kier molecular flexibility index (Phi) is 6.70. The Morgan fingerprint density at radius 1 is 1.47 bits per heavy atom. The lowest BCUT2D eigenvalue weighted by Crippen LogP contribution is -2.38. The van der Waals surface area contributed by atoms with Crippen LogP contribution in [0.2, 0.25) is 0 Å². The highest BCUT2D eigenvalue weighted by atomic mass is 16.6. The fraction of sp³-hybridized carbons (Fsp3) is 0.769. The molecule has 0 atom stereocenters. The van der Waals surface area contributed by atoms with Gasteiger partial charge >= 0.3 is 6.09 Å². The molecule has 1 amide bonds. The van der Waals surface area contributed by atoms with E-state index in [-0.39, 0.29) is 12.7 Å². The molecule has 4 heteroatoms. The van der Waals surface area contributed by atoms with Gasteiger partial charge in [0.05, 0.1) is 13.2 Å². The predicted molar refractivity (Wildman–Crippen MR) is 66.8 cm³/mol. The number of aliphatic hydroxyl groups excluding tert-OH is 1. The molecule has 0 spiro atoms. The van der Waals surface area contributed by atoms with Crippen LogP contribution in [0.25, 0.3) is 0 Å². The first kappa shape index (κ1) is 14.0. The highest BCUT2D eigenvalue weighted by molar-refractivity contribution is 5.67. The number of carbonyl (C=O) groups is 1. The summed E-state index contributed by atoms with van der Waals surface area (Å²) in [7, 11) is 0. The van der Waals surface area contributed by atoms with Crippen LogP contribution in [-0.4, -0.2) is 42.4 Å². The van der Waals surface area contributed by atoms with Crippen molar-refractivity contribution in [1.82, 2.24) is 4.90 Å². The summed E-state index contributed by atoms with van der Waals surface area (Å²) in [5.41, 5.74) is 0. The molecule has 0 aromatic carbocycles. The molecule has 1 rings (SSSR count). The highest BCUT2D eigenvalue weighted by Crippen LogP contribution is 2.18. The second-order valence-corrected chi connectivity index (χ2v) is 4.40. The SMILES string of the molecule is CCCCOC(=O)N1CCC(/C=C/CO)CC1. The molecular weight excluding hydrogens is 218 g/mol. The maximum atomic E-state index is 11.6. The molecule has 0 aliphatic carbocycles. The molecule has 0 unspecified atom stereocenters. The van der Waals surface area contributed by atoms with Gasteiger partial charge in [-0.1, -0.05) is 25.5 Å². The van der Waals surface area contributed by atoms with E-state index in [1.54, 1.807) is 11.0 Å². The van der Waals surface area contributed by atoms with Gasteiger partial charge in [0, 0.05) is 13.1 Å². The first-order valence-electron chi connectivity index (χ1n) is 6.47. The van der Waals surface area contributed by atoms with Crippen LogP contribution in [0.3, 0.4) is 0 Å². The Morgan fingerprint density at radius 2 is 2.18 bits per heavy atom. The number of hydrogen-bond acceptors (Lipinski definition) is 3. The summed E-state index contributed by atoms with van der Waals surface area (Å²) in [6.45, 7) is 4.21. The lowest BCUT2D eigenvalue weighted by atomic mass is 9.97. The van der Waals surface area contributed by atoms with E-state index in [2.05, 4.69) is 6.92 Å². The minimum Gasteiger partial charge on any atom is -0.449 e. The topological polar surface area (TPSA) is 49.8 Å². The van der Waals surface area contributed by atoms with Gasteiger partial charge in [-0.3, -0.25) is 0 Å². The van der Waals surface area contributed by atoms with Gasteiger partial charge in [0.25, 0.3) is 0 Å². The molecule has 1 aliphatic rings. The molecule has 98 valence electrons. The third-order valence-corrected chi connectivity index (χ3v) is 3.03. The third kappa shape index (κ3) is 5.22. The molecule has 1 saturated heterocycles. The van der Waals surface area contributed by atoms with Crippen molar-refractivity contribution in [2.75, 3.05) is 26.3 Å². The quantitative estimate of drug-likeness (QED) is 0.593. The summed E-state index contributed by atoms with van der Waals surface area (Å²) in [5, 5.41) is 8.69. The van der Waals surface area contributed by atoms with Crippen molar-refractivity contribution >= 4 is 6.09 Å². The van der Waals surface area contributed by atoms with E-state index < -0.39 is 0 Å².